The zero-order valence-corrected chi connectivity index (χ0v) is 18.5. The van der Waals surface area contributed by atoms with Gasteiger partial charge in [-0.05, 0) is 66.9 Å². The first kappa shape index (κ1) is 22.3. The number of fused-ring (bicyclic) bond motifs is 1. The molecule has 3 aromatic rings. The minimum absolute atomic E-state index is 0.0942. The smallest absolute Gasteiger partial charge is 0.294 e. The minimum atomic E-state index is -0.352. The first-order valence-corrected chi connectivity index (χ1v) is 10.9. The van der Waals surface area contributed by atoms with Gasteiger partial charge < -0.3 is 10.1 Å². The first-order valence-electron chi connectivity index (χ1n) is 10.9. The van der Waals surface area contributed by atoms with Gasteiger partial charge in [0.25, 0.3) is 11.8 Å². The van der Waals surface area contributed by atoms with Gasteiger partial charge in [0.15, 0.2) is 11.5 Å². The highest BCUT2D eigenvalue weighted by Crippen LogP contribution is 2.36. The lowest BCUT2D eigenvalue weighted by Crippen LogP contribution is -2.36. The second-order valence-electron chi connectivity index (χ2n) is 8.00. The summed E-state index contributed by atoms with van der Waals surface area (Å²) in [6.45, 7) is 4.18. The molecule has 3 aromatic carbocycles. The summed E-state index contributed by atoms with van der Waals surface area (Å²) in [5.41, 5.74) is 2.58. The number of nitrogens with zero attached hydrogens (tertiary/aromatic N) is 1. The van der Waals surface area contributed by atoms with Crippen LogP contribution in [0.25, 0.3) is 6.08 Å². The van der Waals surface area contributed by atoms with E-state index in [9.17, 15) is 14.0 Å². The van der Waals surface area contributed by atoms with E-state index in [-0.39, 0.29) is 36.0 Å². The van der Waals surface area contributed by atoms with Gasteiger partial charge in [0.05, 0.1) is 12.2 Å². The van der Waals surface area contributed by atoms with E-state index in [0.717, 1.165) is 12.0 Å². The third-order valence-corrected chi connectivity index (χ3v) is 5.52. The van der Waals surface area contributed by atoms with Crippen LogP contribution >= 0.6 is 0 Å². The Balaban J connectivity index is 1.60. The summed E-state index contributed by atoms with van der Waals surface area (Å²) in [7, 11) is 0. The maximum absolute atomic E-state index is 13.7. The van der Waals surface area contributed by atoms with Crippen molar-refractivity contribution in [3.63, 3.8) is 0 Å². The summed E-state index contributed by atoms with van der Waals surface area (Å²) in [5, 5.41) is 2.93. The van der Waals surface area contributed by atoms with Crippen LogP contribution in [0.3, 0.4) is 0 Å². The standard InChI is InChI=1S/C27H25FN2O3/c1-3-18(2)29-26(31)21-13-11-19(12-14-21)16-25-27(32)30(17-20-7-6-8-22(28)15-20)23-9-4-5-10-24(23)33-25/h4-16,18H,3,17H2,1-2H3,(H,29,31)/b25-16-. The molecular formula is C27H25FN2O3. The number of hydrogen-bond acceptors (Lipinski definition) is 3. The van der Waals surface area contributed by atoms with E-state index in [0.29, 0.717) is 22.6 Å². The molecule has 33 heavy (non-hydrogen) atoms. The second kappa shape index (κ2) is 9.69. The Morgan fingerprint density at radius 1 is 1.09 bits per heavy atom. The number of anilines is 1. The van der Waals surface area contributed by atoms with Gasteiger partial charge in [-0.25, -0.2) is 4.39 Å². The Hall–Kier alpha value is -3.93. The normalized spacial score (nSPS) is 15.1. The number of carbonyl (C=O) groups is 2. The van der Waals surface area contributed by atoms with Crippen LogP contribution in [-0.2, 0) is 11.3 Å². The van der Waals surface area contributed by atoms with Gasteiger partial charge in [-0.2, -0.15) is 0 Å². The Bertz CT molecular complexity index is 1200. The third-order valence-electron chi connectivity index (χ3n) is 5.52. The van der Waals surface area contributed by atoms with Crippen molar-refractivity contribution in [3.05, 3.63) is 101 Å². The first-order chi connectivity index (χ1) is 15.9. The maximum Gasteiger partial charge on any atom is 0.294 e. The topological polar surface area (TPSA) is 58.6 Å². The molecule has 4 rings (SSSR count). The van der Waals surface area contributed by atoms with E-state index in [1.807, 2.05) is 26.0 Å². The summed E-state index contributed by atoms with van der Waals surface area (Å²) >= 11 is 0. The van der Waals surface area contributed by atoms with Crippen LogP contribution in [0.4, 0.5) is 10.1 Å². The van der Waals surface area contributed by atoms with Gasteiger partial charge in [-0.15, -0.1) is 0 Å². The Labute approximate surface area is 192 Å². The lowest BCUT2D eigenvalue weighted by atomic mass is 10.1. The molecule has 1 atom stereocenters. The number of nitrogens with one attached hydrogen (secondary N) is 1. The van der Waals surface area contributed by atoms with E-state index >= 15 is 0 Å². The highest BCUT2D eigenvalue weighted by atomic mass is 19.1. The van der Waals surface area contributed by atoms with Crippen molar-refractivity contribution in [1.29, 1.82) is 0 Å². The van der Waals surface area contributed by atoms with Crippen LogP contribution in [0.2, 0.25) is 0 Å². The number of benzene rings is 3. The molecule has 1 N–H and O–H groups in total. The van der Waals surface area contributed by atoms with E-state index < -0.39 is 0 Å². The van der Waals surface area contributed by atoms with E-state index in [2.05, 4.69) is 5.32 Å². The number of ether oxygens (including phenoxy) is 1. The van der Waals surface area contributed by atoms with Gasteiger partial charge in [-0.3, -0.25) is 14.5 Å². The number of para-hydroxylation sites is 2. The monoisotopic (exact) mass is 444 g/mol. The van der Waals surface area contributed by atoms with Crippen molar-refractivity contribution in [2.75, 3.05) is 4.90 Å². The molecule has 0 spiro atoms. The lowest BCUT2D eigenvalue weighted by Gasteiger charge is -2.30. The third kappa shape index (κ3) is 5.12. The quantitative estimate of drug-likeness (QED) is 0.524. The fraction of sp³-hybridized carbons (Fsp3) is 0.185. The van der Waals surface area contributed by atoms with Crippen LogP contribution in [0.15, 0.2) is 78.6 Å². The van der Waals surface area contributed by atoms with Crippen LogP contribution in [-0.4, -0.2) is 17.9 Å². The molecule has 0 aromatic heterocycles. The molecule has 1 unspecified atom stereocenters. The Kier molecular flexibility index (Phi) is 6.54. The molecule has 6 heteroatoms. The van der Waals surface area contributed by atoms with Crippen LogP contribution in [0.1, 0.15) is 41.8 Å². The second-order valence-corrected chi connectivity index (χ2v) is 8.00. The molecule has 1 aliphatic heterocycles. The fourth-order valence-electron chi connectivity index (χ4n) is 3.53. The fourth-order valence-corrected chi connectivity index (χ4v) is 3.53. The summed E-state index contributed by atoms with van der Waals surface area (Å²) in [6.07, 6.45) is 2.50. The molecule has 1 heterocycles. The van der Waals surface area contributed by atoms with Crippen LogP contribution in [0, 0.1) is 5.82 Å². The molecule has 5 nitrogen and oxygen atoms in total. The molecule has 2 amide bonds. The summed E-state index contributed by atoms with van der Waals surface area (Å²) in [5.74, 6) is -0.110. The number of rotatable bonds is 6. The van der Waals surface area contributed by atoms with Crippen molar-refractivity contribution < 1.29 is 18.7 Å². The van der Waals surface area contributed by atoms with E-state index in [1.54, 1.807) is 59.5 Å². The molecule has 0 fully saturated rings. The zero-order chi connectivity index (χ0) is 23.4. The predicted octanol–water partition coefficient (Wildman–Crippen LogP) is 5.32. The van der Waals surface area contributed by atoms with Crippen LogP contribution in [0.5, 0.6) is 5.75 Å². The number of hydrogen-bond donors (Lipinski definition) is 1. The molecule has 0 saturated heterocycles. The Morgan fingerprint density at radius 2 is 1.85 bits per heavy atom. The zero-order valence-electron chi connectivity index (χ0n) is 18.5. The van der Waals surface area contributed by atoms with Crippen LogP contribution < -0.4 is 15.0 Å². The van der Waals surface area contributed by atoms with Crippen molar-refractivity contribution in [3.8, 4) is 5.75 Å². The highest BCUT2D eigenvalue weighted by molar-refractivity contribution is 6.09. The van der Waals surface area contributed by atoms with E-state index in [1.165, 1.54) is 12.1 Å². The molecule has 1 aliphatic rings. The molecule has 0 aliphatic carbocycles. The summed E-state index contributed by atoms with van der Waals surface area (Å²) < 4.78 is 19.6. The number of amides is 2. The highest BCUT2D eigenvalue weighted by Gasteiger charge is 2.30. The molecular weight excluding hydrogens is 419 g/mol. The van der Waals surface area contributed by atoms with Crippen molar-refractivity contribution >= 4 is 23.6 Å². The molecule has 168 valence electrons. The predicted molar refractivity (Wildman–Crippen MR) is 126 cm³/mol. The largest absolute Gasteiger partial charge is 0.449 e. The molecule has 0 saturated carbocycles. The average Bonchev–Trinajstić information content (AvgIpc) is 2.82. The van der Waals surface area contributed by atoms with Gasteiger partial charge in [0, 0.05) is 11.6 Å². The average molecular weight is 445 g/mol. The van der Waals surface area contributed by atoms with Crippen molar-refractivity contribution in [1.82, 2.24) is 5.32 Å². The Morgan fingerprint density at radius 3 is 2.58 bits per heavy atom. The van der Waals surface area contributed by atoms with Crippen molar-refractivity contribution in [2.45, 2.75) is 32.9 Å². The van der Waals surface area contributed by atoms with Gasteiger partial charge in [-0.1, -0.05) is 43.3 Å². The van der Waals surface area contributed by atoms with Gasteiger partial charge >= 0.3 is 0 Å². The maximum atomic E-state index is 13.7. The summed E-state index contributed by atoms with van der Waals surface area (Å²) in [6, 6.07) is 20.5. The number of halogens is 1. The van der Waals surface area contributed by atoms with Gasteiger partial charge in [0.2, 0.25) is 0 Å². The minimum Gasteiger partial charge on any atom is -0.449 e. The van der Waals surface area contributed by atoms with E-state index in [4.69, 9.17) is 4.74 Å². The lowest BCUT2D eigenvalue weighted by molar-refractivity contribution is -0.117. The van der Waals surface area contributed by atoms with Crippen molar-refractivity contribution in [2.24, 2.45) is 0 Å². The van der Waals surface area contributed by atoms with Gasteiger partial charge in [0.1, 0.15) is 5.82 Å². The number of carbonyl (C=O) groups excluding carboxylic acids is 2. The molecule has 0 radical (unpaired) electrons. The molecule has 0 bridgehead atoms. The summed E-state index contributed by atoms with van der Waals surface area (Å²) in [4.78, 5) is 27.2. The SMILES string of the molecule is CCC(C)NC(=O)c1ccc(/C=C2\Oc3ccccc3N(Cc3cccc(F)c3)C2=O)cc1.